The van der Waals surface area contributed by atoms with Gasteiger partial charge in [-0.1, -0.05) is 60.2 Å². The van der Waals surface area contributed by atoms with Crippen LogP contribution in [0, 0.1) is 12.3 Å². The summed E-state index contributed by atoms with van der Waals surface area (Å²) in [6.45, 7) is 6.23. The largest absolute Gasteiger partial charge is 0.369 e. The summed E-state index contributed by atoms with van der Waals surface area (Å²) in [4.78, 5) is 23.7. The summed E-state index contributed by atoms with van der Waals surface area (Å²) in [7, 11) is 0. The van der Waals surface area contributed by atoms with E-state index >= 15 is 0 Å². The van der Waals surface area contributed by atoms with Crippen LogP contribution in [0.25, 0.3) is 17.3 Å². The van der Waals surface area contributed by atoms with E-state index in [-0.39, 0.29) is 12.5 Å². The number of hydrogen-bond donors (Lipinski definition) is 2. The van der Waals surface area contributed by atoms with Crippen LogP contribution in [0.2, 0.25) is 0 Å². The van der Waals surface area contributed by atoms with Gasteiger partial charge in [0, 0.05) is 29.9 Å². The van der Waals surface area contributed by atoms with E-state index in [4.69, 9.17) is 10.8 Å². The number of primary amides is 1. The fourth-order valence-electron chi connectivity index (χ4n) is 2.97. The molecule has 0 atom stereocenters. The van der Waals surface area contributed by atoms with Gasteiger partial charge >= 0.3 is 0 Å². The van der Waals surface area contributed by atoms with E-state index in [1.807, 2.05) is 60.3 Å². The van der Waals surface area contributed by atoms with Crippen LogP contribution in [0.4, 0.5) is 0 Å². The van der Waals surface area contributed by atoms with E-state index in [0.29, 0.717) is 6.54 Å². The van der Waals surface area contributed by atoms with E-state index in [2.05, 4.69) is 17.4 Å². The van der Waals surface area contributed by atoms with Crippen molar-refractivity contribution in [2.45, 2.75) is 27.3 Å². The second kappa shape index (κ2) is 9.43. The molecule has 0 aliphatic carbocycles. The highest BCUT2D eigenvalue weighted by molar-refractivity contribution is 5.93. The third-order valence-electron chi connectivity index (χ3n) is 5.09. The van der Waals surface area contributed by atoms with Gasteiger partial charge in [-0.3, -0.25) is 14.3 Å². The first-order chi connectivity index (χ1) is 14.7. The molecule has 2 aromatic carbocycles. The van der Waals surface area contributed by atoms with Crippen molar-refractivity contribution in [2.75, 3.05) is 6.54 Å². The fraction of sp³-hybridized carbons (Fsp3) is 0.240. The van der Waals surface area contributed by atoms with Crippen molar-refractivity contribution in [3.05, 3.63) is 83.6 Å². The summed E-state index contributed by atoms with van der Waals surface area (Å²) < 4.78 is 1.87. The number of nitrogens with zero attached hydrogens (tertiary/aromatic N) is 2. The van der Waals surface area contributed by atoms with E-state index < -0.39 is 11.3 Å². The molecule has 6 heteroatoms. The van der Waals surface area contributed by atoms with Crippen LogP contribution in [0.15, 0.2) is 66.9 Å². The zero-order chi connectivity index (χ0) is 22.4. The second-order valence-corrected chi connectivity index (χ2v) is 8.28. The normalized spacial score (nSPS) is 11.6. The SMILES string of the molecule is Cc1ccc(-c2nn(Cc3ccccc3)cc2/C=C/C(=O)NCC(C)(C)C(N)=O)cc1. The molecule has 0 aliphatic rings. The predicted octanol–water partition coefficient (Wildman–Crippen LogP) is 3.55. The van der Waals surface area contributed by atoms with Gasteiger partial charge < -0.3 is 11.1 Å². The van der Waals surface area contributed by atoms with E-state index in [9.17, 15) is 9.59 Å². The number of nitrogens with two attached hydrogens (primary N) is 1. The number of aromatic nitrogens is 2. The molecule has 160 valence electrons. The minimum atomic E-state index is -0.808. The molecule has 3 rings (SSSR count). The van der Waals surface area contributed by atoms with Crippen molar-refractivity contribution in [1.29, 1.82) is 0 Å². The molecule has 0 saturated carbocycles. The van der Waals surface area contributed by atoms with Gasteiger partial charge in [0.15, 0.2) is 0 Å². The van der Waals surface area contributed by atoms with Crippen LogP contribution in [-0.2, 0) is 16.1 Å². The molecule has 31 heavy (non-hydrogen) atoms. The number of benzene rings is 2. The summed E-state index contributed by atoms with van der Waals surface area (Å²) >= 11 is 0. The third kappa shape index (κ3) is 5.92. The lowest BCUT2D eigenvalue weighted by molar-refractivity contribution is -0.126. The van der Waals surface area contributed by atoms with Crippen molar-refractivity contribution in [1.82, 2.24) is 15.1 Å². The smallest absolute Gasteiger partial charge is 0.244 e. The molecule has 3 aromatic rings. The average Bonchev–Trinajstić information content (AvgIpc) is 3.14. The Hall–Kier alpha value is -3.67. The highest BCUT2D eigenvalue weighted by Gasteiger charge is 2.25. The van der Waals surface area contributed by atoms with Crippen LogP contribution in [0.3, 0.4) is 0 Å². The van der Waals surface area contributed by atoms with Crippen molar-refractivity contribution in [3.8, 4) is 11.3 Å². The number of amides is 2. The summed E-state index contributed by atoms with van der Waals surface area (Å²) in [5.41, 5.74) is 9.48. The molecule has 2 amide bonds. The van der Waals surface area contributed by atoms with E-state index in [1.165, 1.54) is 11.6 Å². The molecule has 0 bridgehead atoms. The molecule has 0 radical (unpaired) electrons. The maximum absolute atomic E-state index is 12.3. The molecule has 1 heterocycles. The Morgan fingerprint density at radius 3 is 2.42 bits per heavy atom. The number of nitrogens with one attached hydrogen (secondary N) is 1. The van der Waals surface area contributed by atoms with Gasteiger partial charge in [0.2, 0.25) is 11.8 Å². The fourth-order valence-corrected chi connectivity index (χ4v) is 2.97. The monoisotopic (exact) mass is 416 g/mol. The predicted molar refractivity (Wildman–Crippen MR) is 123 cm³/mol. The number of hydrogen-bond acceptors (Lipinski definition) is 3. The summed E-state index contributed by atoms with van der Waals surface area (Å²) in [6, 6.07) is 18.2. The Morgan fingerprint density at radius 1 is 1.10 bits per heavy atom. The molecule has 0 spiro atoms. The van der Waals surface area contributed by atoms with Gasteiger partial charge in [-0.05, 0) is 32.4 Å². The first-order valence-corrected chi connectivity index (χ1v) is 10.2. The highest BCUT2D eigenvalue weighted by Crippen LogP contribution is 2.24. The quantitative estimate of drug-likeness (QED) is 0.550. The van der Waals surface area contributed by atoms with Gasteiger partial charge in [0.1, 0.15) is 0 Å². The lowest BCUT2D eigenvalue weighted by Crippen LogP contribution is -2.41. The van der Waals surface area contributed by atoms with Gasteiger partial charge in [-0.2, -0.15) is 5.10 Å². The first kappa shape index (κ1) is 22.0. The van der Waals surface area contributed by atoms with Crippen molar-refractivity contribution in [2.24, 2.45) is 11.1 Å². The molecular formula is C25H28N4O2. The molecule has 3 N–H and O–H groups in total. The van der Waals surface area contributed by atoms with Gasteiger partial charge in [0.25, 0.3) is 0 Å². The standard InChI is InChI=1S/C25H28N4O2/c1-18-9-11-20(12-10-18)23-21(13-14-22(30)27-17-25(2,3)24(26)31)16-29(28-23)15-19-7-5-4-6-8-19/h4-14,16H,15,17H2,1-3H3,(H2,26,31)(H,27,30)/b14-13+. The van der Waals surface area contributed by atoms with Crippen LogP contribution in [-0.4, -0.2) is 28.1 Å². The maximum Gasteiger partial charge on any atom is 0.244 e. The van der Waals surface area contributed by atoms with Gasteiger partial charge in [-0.15, -0.1) is 0 Å². The summed E-state index contributed by atoms with van der Waals surface area (Å²) in [6.07, 6.45) is 5.13. The Morgan fingerprint density at radius 2 is 1.77 bits per heavy atom. The Bertz CT molecular complexity index is 1080. The maximum atomic E-state index is 12.3. The minimum absolute atomic E-state index is 0.170. The molecule has 0 aliphatic heterocycles. The molecule has 1 aromatic heterocycles. The topological polar surface area (TPSA) is 90.0 Å². The Balaban J connectivity index is 1.83. The van der Waals surface area contributed by atoms with Gasteiger partial charge in [0.05, 0.1) is 17.7 Å². The average molecular weight is 417 g/mol. The molecular weight excluding hydrogens is 388 g/mol. The molecule has 0 saturated heterocycles. The number of rotatable bonds is 8. The van der Waals surface area contributed by atoms with E-state index in [0.717, 1.165) is 22.4 Å². The highest BCUT2D eigenvalue weighted by atomic mass is 16.2. The molecule has 6 nitrogen and oxygen atoms in total. The number of aryl methyl sites for hydroxylation is 1. The number of carbonyl (C=O) groups excluding carboxylic acids is 2. The first-order valence-electron chi connectivity index (χ1n) is 10.2. The van der Waals surface area contributed by atoms with Crippen LogP contribution in [0.1, 0.15) is 30.5 Å². The summed E-state index contributed by atoms with van der Waals surface area (Å²) in [5.74, 6) is -0.749. The van der Waals surface area contributed by atoms with Crippen molar-refractivity contribution >= 4 is 17.9 Å². The number of carbonyl (C=O) groups is 2. The molecule has 0 fully saturated rings. The van der Waals surface area contributed by atoms with Gasteiger partial charge in [-0.25, -0.2) is 0 Å². The third-order valence-corrected chi connectivity index (χ3v) is 5.09. The Labute approximate surface area is 182 Å². The second-order valence-electron chi connectivity index (χ2n) is 8.28. The van der Waals surface area contributed by atoms with Crippen LogP contribution in [0.5, 0.6) is 0 Å². The van der Waals surface area contributed by atoms with Crippen LogP contribution >= 0.6 is 0 Å². The van der Waals surface area contributed by atoms with Crippen molar-refractivity contribution in [3.63, 3.8) is 0 Å². The summed E-state index contributed by atoms with van der Waals surface area (Å²) in [5, 5.41) is 7.50. The Kier molecular flexibility index (Phi) is 6.70. The lowest BCUT2D eigenvalue weighted by Gasteiger charge is -2.19. The van der Waals surface area contributed by atoms with E-state index in [1.54, 1.807) is 19.9 Å². The molecule has 0 unspecified atom stereocenters. The lowest BCUT2D eigenvalue weighted by atomic mass is 9.93. The van der Waals surface area contributed by atoms with Crippen molar-refractivity contribution < 1.29 is 9.59 Å². The van der Waals surface area contributed by atoms with Crippen LogP contribution < -0.4 is 11.1 Å². The zero-order valence-corrected chi connectivity index (χ0v) is 18.1. The minimum Gasteiger partial charge on any atom is -0.369 e. The zero-order valence-electron chi connectivity index (χ0n) is 18.1.